The largest absolute Gasteiger partial charge is 0.343 e. The van der Waals surface area contributed by atoms with Gasteiger partial charge in [-0.1, -0.05) is 54.6 Å². The summed E-state index contributed by atoms with van der Waals surface area (Å²) in [4.78, 5) is 0. The van der Waals surface area contributed by atoms with Crippen molar-refractivity contribution in [1.29, 1.82) is 0 Å². The normalized spacial score (nSPS) is 10.8. The highest BCUT2D eigenvalue weighted by Gasteiger charge is 2.03. The van der Waals surface area contributed by atoms with Gasteiger partial charge in [0.2, 0.25) is 0 Å². The monoisotopic (exact) mass is 247 g/mol. The van der Waals surface area contributed by atoms with E-state index in [1.165, 1.54) is 22.0 Å². The van der Waals surface area contributed by atoms with E-state index in [-0.39, 0.29) is 0 Å². The van der Waals surface area contributed by atoms with Crippen LogP contribution in [0.1, 0.15) is 11.1 Å². The smallest absolute Gasteiger partial charge is 0.0483 e. The lowest BCUT2D eigenvalue weighted by atomic mass is 10.1. The predicted molar refractivity (Wildman–Crippen MR) is 82.2 cm³/mol. The van der Waals surface area contributed by atoms with E-state index in [9.17, 15) is 0 Å². The molecular formula is C18H17N. The molecule has 1 heteroatoms. The van der Waals surface area contributed by atoms with Crippen molar-refractivity contribution >= 4 is 16.5 Å². The third kappa shape index (κ3) is 2.32. The summed E-state index contributed by atoms with van der Waals surface area (Å²) in [5, 5.41) is 1.28. The van der Waals surface area contributed by atoms with Crippen molar-refractivity contribution in [3.63, 3.8) is 0 Å². The number of nitrogens with zero attached hydrogens (tertiary/aromatic N) is 1. The first-order chi connectivity index (χ1) is 9.24. The molecule has 0 aliphatic rings. The van der Waals surface area contributed by atoms with Crippen LogP contribution >= 0.6 is 0 Å². The van der Waals surface area contributed by atoms with E-state index in [1.807, 2.05) is 0 Å². The minimum absolute atomic E-state index is 0.830. The average Bonchev–Trinajstić information content (AvgIpc) is 2.83. The number of aromatic nitrogens is 1. The zero-order chi connectivity index (χ0) is 13.2. The van der Waals surface area contributed by atoms with Gasteiger partial charge in [-0.15, -0.1) is 0 Å². The van der Waals surface area contributed by atoms with Crippen LogP contribution in [0, 0.1) is 6.92 Å². The molecule has 1 nitrogen and oxygen atoms in total. The quantitative estimate of drug-likeness (QED) is 0.634. The highest BCUT2D eigenvalue weighted by atomic mass is 14.9. The SMILES string of the molecule is C=C(Cn1ccc2ccccc21)c1ccc(C)cc1. The Bertz CT molecular complexity index is 717. The summed E-state index contributed by atoms with van der Waals surface area (Å²) in [5.41, 5.74) is 4.89. The van der Waals surface area contributed by atoms with Crippen LogP contribution in [-0.2, 0) is 6.54 Å². The Morgan fingerprint density at radius 1 is 1.00 bits per heavy atom. The molecule has 1 aromatic heterocycles. The first-order valence-electron chi connectivity index (χ1n) is 6.53. The van der Waals surface area contributed by atoms with Crippen molar-refractivity contribution in [2.45, 2.75) is 13.5 Å². The molecule has 2 aromatic carbocycles. The molecule has 0 fully saturated rings. The van der Waals surface area contributed by atoms with Gasteiger partial charge in [0, 0.05) is 18.3 Å². The molecule has 0 saturated carbocycles. The van der Waals surface area contributed by atoms with E-state index in [0.29, 0.717) is 0 Å². The molecule has 3 rings (SSSR count). The van der Waals surface area contributed by atoms with Crippen LogP contribution in [0.25, 0.3) is 16.5 Å². The zero-order valence-electron chi connectivity index (χ0n) is 11.1. The minimum Gasteiger partial charge on any atom is -0.343 e. The Balaban J connectivity index is 1.89. The van der Waals surface area contributed by atoms with Gasteiger partial charge < -0.3 is 4.57 Å². The molecule has 0 amide bonds. The lowest BCUT2D eigenvalue weighted by molar-refractivity contribution is 0.880. The van der Waals surface area contributed by atoms with Crippen molar-refractivity contribution in [2.75, 3.05) is 0 Å². The number of rotatable bonds is 3. The summed E-state index contributed by atoms with van der Waals surface area (Å²) in [6.07, 6.45) is 2.13. The van der Waals surface area contributed by atoms with E-state index in [1.54, 1.807) is 0 Å². The summed E-state index contributed by atoms with van der Waals surface area (Å²) in [5.74, 6) is 0. The van der Waals surface area contributed by atoms with E-state index < -0.39 is 0 Å². The molecule has 0 radical (unpaired) electrons. The second-order valence-corrected chi connectivity index (χ2v) is 4.97. The second kappa shape index (κ2) is 4.77. The molecule has 0 saturated heterocycles. The molecule has 0 bridgehead atoms. The topological polar surface area (TPSA) is 4.93 Å². The molecule has 1 heterocycles. The number of aryl methyl sites for hydroxylation is 1. The van der Waals surface area contributed by atoms with Crippen molar-refractivity contribution in [1.82, 2.24) is 4.57 Å². The number of hydrogen-bond donors (Lipinski definition) is 0. The Labute approximate surface area is 113 Å². The maximum atomic E-state index is 4.22. The zero-order valence-corrected chi connectivity index (χ0v) is 11.1. The summed E-state index contributed by atoms with van der Waals surface area (Å²) < 4.78 is 2.25. The third-order valence-electron chi connectivity index (χ3n) is 3.50. The Morgan fingerprint density at radius 2 is 1.74 bits per heavy atom. The number of fused-ring (bicyclic) bond motifs is 1. The van der Waals surface area contributed by atoms with Crippen LogP contribution in [0.4, 0.5) is 0 Å². The fourth-order valence-electron chi connectivity index (χ4n) is 2.36. The molecule has 0 spiro atoms. The van der Waals surface area contributed by atoms with Gasteiger partial charge in [0.05, 0.1) is 0 Å². The summed E-state index contributed by atoms with van der Waals surface area (Å²) >= 11 is 0. The van der Waals surface area contributed by atoms with E-state index in [0.717, 1.165) is 12.1 Å². The van der Waals surface area contributed by atoms with Crippen molar-refractivity contribution in [2.24, 2.45) is 0 Å². The fourth-order valence-corrected chi connectivity index (χ4v) is 2.36. The Kier molecular flexibility index (Phi) is 2.96. The van der Waals surface area contributed by atoms with Crippen LogP contribution in [0.3, 0.4) is 0 Å². The van der Waals surface area contributed by atoms with Crippen LogP contribution in [-0.4, -0.2) is 4.57 Å². The second-order valence-electron chi connectivity index (χ2n) is 4.97. The average molecular weight is 247 g/mol. The number of hydrogen-bond acceptors (Lipinski definition) is 0. The molecule has 0 N–H and O–H groups in total. The number of para-hydroxylation sites is 1. The molecule has 19 heavy (non-hydrogen) atoms. The van der Waals surface area contributed by atoms with Crippen LogP contribution in [0.5, 0.6) is 0 Å². The summed E-state index contributed by atoms with van der Waals surface area (Å²) in [6, 6.07) is 19.1. The Hall–Kier alpha value is -2.28. The molecule has 3 aromatic rings. The standard InChI is InChI=1S/C18H17N/c1-14-7-9-16(10-8-14)15(2)13-19-12-11-17-5-3-4-6-18(17)19/h3-12H,2,13H2,1H3. The van der Waals surface area contributed by atoms with Crippen molar-refractivity contribution in [3.8, 4) is 0 Å². The molecular weight excluding hydrogens is 230 g/mol. The minimum atomic E-state index is 0.830. The first kappa shape index (κ1) is 11.8. The van der Waals surface area contributed by atoms with Gasteiger partial charge >= 0.3 is 0 Å². The number of benzene rings is 2. The van der Waals surface area contributed by atoms with E-state index >= 15 is 0 Å². The highest BCUT2D eigenvalue weighted by Crippen LogP contribution is 2.20. The first-order valence-corrected chi connectivity index (χ1v) is 6.53. The number of allylic oxidation sites excluding steroid dienone is 1. The van der Waals surface area contributed by atoms with Crippen LogP contribution in [0.15, 0.2) is 67.4 Å². The molecule has 0 aliphatic carbocycles. The van der Waals surface area contributed by atoms with Gasteiger partial charge in [-0.25, -0.2) is 0 Å². The third-order valence-corrected chi connectivity index (χ3v) is 3.50. The fraction of sp³-hybridized carbons (Fsp3) is 0.111. The van der Waals surface area contributed by atoms with E-state index in [4.69, 9.17) is 0 Å². The highest BCUT2D eigenvalue weighted by molar-refractivity contribution is 5.80. The molecule has 0 unspecified atom stereocenters. The molecule has 0 aliphatic heterocycles. The Morgan fingerprint density at radius 3 is 2.53 bits per heavy atom. The lowest BCUT2D eigenvalue weighted by Crippen LogP contribution is -1.98. The lowest BCUT2D eigenvalue weighted by Gasteiger charge is -2.09. The maximum Gasteiger partial charge on any atom is 0.0483 e. The van der Waals surface area contributed by atoms with Gasteiger partial charge in [-0.2, -0.15) is 0 Å². The van der Waals surface area contributed by atoms with Gasteiger partial charge in [-0.3, -0.25) is 0 Å². The van der Waals surface area contributed by atoms with Gasteiger partial charge in [-0.05, 0) is 35.6 Å². The van der Waals surface area contributed by atoms with Gasteiger partial charge in [0.25, 0.3) is 0 Å². The van der Waals surface area contributed by atoms with Gasteiger partial charge in [0.1, 0.15) is 0 Å². The molecule has 94 valence electrons. The van der Waals surface area contributed by atoms with E-state index in [2.05, 4.69) is 78.9 Å². The van der Waals surface area contributed by atoms with Crippen LogP contribution < -0.4 is 0 Å². The van der Waals surface area contributed by atoms with Crippen molar-refractivity contribution in [3.05, 3.63) is 78.5 Å². The maximum absolute atomic E-state index is 4.22. The molecule has 0 atom stereocenters. The predicted octanol–water partition coefficient (Wildman–Crippen LogP) is 4.66. The van der Waals surface area contributed by atoms with Crippen LogP contribution in [0.2, 0.25) is 0 Å². The van der Waals surface area contributed by atoms with Gasteiger partial charge in [0.15, 0.2) is 0 Å². The summed E-state index contributed by atoms with van der Waals surface area (Å²) in [6.45, 7) is 7.15. The summed E-state index contributed by atoms with van der Waals surface area (Å²) in [7, 11) is 0. The van der Waals surface area contributed by atoms with Crippen molar-refractivity contribution < 1.29 is 0 Å².